The number of rotatable bonds is 5. The van der Waals surface area contributed by atoms with Crippen molar-refractivity contribution in [3.05, 3.63) is 0 Å². The Hall–Kier alpha value is -0.170. The summed E-state index contributed by atoms with van der Waals surface area (Å²) in [4.78, 5) is 0. The molecule has 0 aromatic rings. The normalized spacial score (nSPS) is 30.8. The van der Waals surface area contributed by atoms with Crippen LogP contribution in [0.1, 0.15) is 46.5 Å². The van der Waals surface area contributed by atoms with Crippen molar-refractivity contribution in [1.29, 1.82) is 0 Å². The summed E-state index contributed by atoms with van der Waals surface area (Å²) in [5, 5.41) is 9.47. The molecule has 0 heterocycles. The van der Waals surface area contributed by atoms with Crippen molar-refractivity contribution in [2.24, 2.45) is 5.92 Å². The van der Waals surface area contributed by atoms with E-state index in [0.29, 0.717) is 18.8 Å². The summed E-state index contributed by atoms with van der Waals surface area (Å²) in [5.41, 5.74) is -0.673. The lowest BCUT2D eigenvalue weighted by Gasteiger charge is -2.38. The average Bonchev–Trinajstić information content (AvgIpc) is 2.19. The smallest absolute Gasteiger partial charge is 0.277 e. The molecule has 1 aliphatic rings. The third kappa shape index (κ3) is 4.54. The number of aliphatic hydroxyl groups excluding tert-OH is 1. The topological polar surface area (TPSA) is 78.4 Å². The van der Waals surface area contributed by atoms with Gasteiger partial charge in [-0.05, 0) is 45.4 Å². The van der Waals surface area contributed by atoms with E-state index < -0.39 is 15.7 Å². The Morgan fingerprint density at radius 3 is 2.29 bits per heavy atom. The molecule has 0 amide bonds. The summed E-state index contributed by atoms with van der Waals surface area (Å²) in [6.07, 6.45) is 3.29. The van der Waals surface area contributed by atoms with Crippen molar-refractivity contribution >= 4 is 10.2 Å². The second-order valence-electron chi connectivity index (χ2n) is 5.50. The van der Waals surface area contributed by atoms with E-state index in [0.717, 1.165) is 12.8 Å². The molecule has 1 saturated carbocycles. The second-order valence-corrected chi connectivity index (χ2v) is 6.95. The van der Waals surface area contributed by atoms with Gasteiger partial charge < -0.3 is 5.11 Å². The van der Waals surface area contributed by atoms with Gasteiger partial charge in [0.1, 0.15) is 0 Å². The highest BCUT2D eigenvalue weighted by Gasteiger charge is 2.37. The predicted molar refractivity (Wildman–Crippen MR) is 67.8 cm³/mol. The summed E-state index contributed by atoms with van der Waals surface area (Å²) in [6, 6.07) is -0.147. The Kier molecular flexibility index (Phi) is 4.95. The molecule has 0 bridgehead atoms. The first-order valence-corrected chi connectivity index (χ1v) is 7.69. The van der Waals surface area contributed by atoms with Crippen LogP contribution in [0.15, 0.2) is 0 Å². The van der Waals surface area contributed by atoms with Crippen molar-refractivity contribution in [3.63, 3.8) is 0 Å². The van der Waals surface area contributed by atoms with E-state index >= 15 is 0 Å². The van der Waals surface area contributed by atoms with Gasteiger partial charge in [0.15, 0.2) is 0 Å². The molecule has 0 saturated heterocycles. The fraction of sp³-hybridized carbons (Fsp3) is 1.00. The fourth-order valence-corrected chi connectivity index (χ4v) is 3.75. The van der Waals surface area contributed by atoms with E-state index in [-0.39, 0.29) is 12.6 Å². The molecule has 1 aliphatic carbocycles. The summed E-state index contributed by atoms with van der Waals surface area (Å²) in [5.74, 6) is 0.609. The van der Waals surface area contributed by atoms with Gasteiger partial charge >= 0.3 is 0 Å². The third-order valence-corrected chi connectivity index (χ3v) is 4.76. The molecule has 0 spiro atoms. The maximum atomic E-state index is 11.8. The largest absolute Gasteiger partial charge is 0.394 e. The molecule has 0 aromatic heterocycles. The van der Waals surface area contributed by atoms with Crippen molar-refractivity contribution in [3.8, 4) is 0 Å². The van der Waals surface area contributed by atoms with E-state index in [1.165, 1.54) is 0 Å². The van der Waals surface area contributed by atoms with Gasteiger partial charge in [-0.1, -0.05) is 6.92 Å². The van der Waals surface area contributed by atoms with Gasteiger partial charge in [-0.3, -0.25) is 0 Å². The molecule has 5 nitrogen and oxygen atoms in total. The van der Waals surface area contributed by atoms with Crippen LogP contribution < -0.4 is 9.44 Å². The Morgan fingerprint density at radius 1 is 1.35 bits per heavy atom. The average molecular weight is 264 g/mol. The summed E-state index contributed by atoms with van der Waals surface area (Å²) < 4.78 is 28.8. The van der Waals surface area contributed by atoms with Crippen LogP contribution in [0, 0.1) is 5.92 Å². The van der Waals surface area contributed by atoms with Gasteiger partial charge in [0.25, 0.3) is 10.2 Å². The highest BCUT2D eigenvalue weighted by Crippen LogP contribution is 2.31. The predicted octanol–water partition coefficient (Wildman–Crippen LogP) is 0.760. The van der Waals surface area contributed by atoms with Gasteiger partial charge in [0.05, 0.1) is 12.1 Å². The Labute approximate surface area is 104 Å². The molecule has 17 heavy (non-hydrogen) atoms. The number of aliphatic hydroxyl groups is 1. The first-order valence-electron chi connectivity index (χ1n) is 6.21. The summed E-state index contributed by atoms with van der Waals surface area (Å²) in [7, 11) is -3.53. The Bertz CT molecular complexity index is 333. The van der Waals surface area contributed by atoms with Crippen molar-refractivity contribution < 1.29 is 13.5 Å². The maximum Gasteiger partial charge on any atom is 0.277 e. The van der Waals surface area contributed by atoms with Crippen LogP contribution in [-0.4, -0.2) is 31.7 Å². The van der Waals surface area contributed by atoms with Gasteiger partial charge in [-0.2, -0.15) is 17.9 Å². The highest BCUT2D eigenvalue weighted by molar-refractivity contribution is 7.87. The van der Waals surface area contributed by atoms with Crippen molar-refractivity contribution in [2.75, 3.05) is 6.61 Å². The molecule has 0 unspecified atom stereocenters. The van der Waals surface area contributed by atoms with Crippen LogP contribution in [0.3, 0.4) is 0 Å². The Balaban J connectivity index is 2.69. The molecule has 102 valence electrons. The zero-order valence-corrected chi connectivity index (χ0v) is 11.7. The van der Waals surface area contributed by atoms with Crippen molar-refractivity contribution in [1.82, 2.24) is 9.44 Å². The molecular formula is C11H24N2O3S. The van der Waals surface area contributed by atoms with Crippen LogP contribution >= 0.6 is 0 Å². The maximum absolute atomic E-state index is 11.8. The second kappa shape index (κ2) is 5.65. The van der Waals surface area contributed by atoms with E-state index in [9.17, 15) is 13.5 Å². The third-order valence-electron chi connectivity index (χ3n) is 3.28. The van der Waals surface area contributed by atoms with Crippen LogP contribution in [-0.2, 0) is 10.2 Å². The van der Waals surface area contributed by atoms with E-state index in [1.807, 2.05) is 0 Å². The van der Waals surface area contributed by atoms with E-state index in [4.69, 9.17) is 0 Å². The lowest BCUT2D eigenvalue weighted by Crippen LogP contribution is -2.57. The summed E-state index contributed by atoms with van der Waals surface area (Å²) in [6.45, 7) is 5.56. The van der Waals surface area contributed by atoms with Gasteiger partial charge in [-0.15, -0.1) is 0 Å². The van der Waals surface area contributed by atoms with E-state index in [1.54, 1.807) is 13.8 Å². The van der Waals surface area contributed by atoms with Crippen molar-refractivity contribution in [2.45, 2.75) is 58.0 Å². The minimum atomic E-state index is -3.53. The van der Waals surface area contributed by atoms with Gasteiger partial charge in [-0.25, -0.2) is 0 Å². The molecule has 1 fully saturated rings. The van der Waals surface area contributed by atoms with Crippen LogP contribution in [0.4, 0.5) is 0 Å². The lowest BCUT2D eigenvalue weighted by molar-refractivity contribution is 0.125. The Morgan fingerprint density at radius 2 is 1.88 bits per heavy atom. The van der Waals surface area contributed by atoms with Crippen LogP contribution in [0.2, 0.25) is 0 Å². The van der Waals surface area contributed by atoms with Crippen LogP contribution in [0.25, 0.3) is 0 Å². The monoisotopic (exact) mass is 264 g/mol. The molecule has 0 radical (unpaired) electrons. The van der Waals surface area contributed by atoms with Crippen LogP contribution in [0.5, 0.6) is 0 Å². The number of hydrogen-bond donors (Lipinski definition) is 3. The van der Waals surface area contributed by atoms with Gasteiger partial charge in [0, 0.05) is 6.04 Å². The molecular weight excluding hydrogens is 240 g/mol. The number of nitrogens with one attached hydrogen (secondary N) is 2. The summed E-state index contributed by atoms with van der Waals surface area (Å²) >= 11 is 0. The first kappa shape index (κ1) is 14.9. The molecule has 0 atom stereocenters. The van der Waals surface area contributed by atoms with E-state index in [2.05, 4.69) is 16.4 Å². The molecule has 0 aliphatic heterocycles. The molecule has 6 heteroatoms. The zero-order valence-electron chi connectivity index (χ0n) is 10.9. The number of hydrogen-bond acceptors (Lipinski definition) is 3. The first-order chi connectivity index (χ1) is 7.79. The standard InChI is InChI=1S/C11H24N2O3S/c1-9(2)12-17(15,16)13-11(8-14)6-4-10(3)5-7-11/h9-10,12-14H,4-8H2,1-3H3. The molecule has 3 N–H and O–H groups in total. The molecule has 0 aromatic carbocycles. The quantitative estimate of drug-likeness (QED) is 0.686. The SMILES string of the molecule is CC1CCC(CO)(NS(=O)(=O)NC(C)C)CC1. The minimum absolute atomic E-state index is 0.140. The molecule has 1 rings (SSSR count). The fourth-order valence-electron chi connectivity index (χ4n) is 2.23. The highest BCUT2D eigenvalue weighted by atomic mass is 32.2. The lowest BCUT2D eigenvalue weighted by atomic mass is 9.78. The van der Waals surface area contributed by atoms with Gasteiger partial charge in [0.2, 0.25) is 0 Å². The minimum Gasteiger partial charge on any atom is -0.394 e. The zero-order chi connectivity index (χ0) is 13.1.